The lowest BCUT2D eigenvalue weighted by Gasteiger charge is -2.36. The maximum absolute atomic E-state index is 11.2. The highest BCUT2D eigenvalue weighted by Gasteiger charge is 2.47. The number of ether oxygens (including phenoxy) is 1. The van der Waals surface area contributed by atoms with Gasteiger partial charge in [-0.1, -0.05) is 6.92 Å². The molecule has 0 radical (unpaired) electrons. The van der Waals surface area contributed by atoms with E-state index in [4.69, 9.17) is 15.4 Å². The first-order valence-electron chi connectivity index (χ1n) is 6.66. The zero-order chi connectivity index (χ0) is 14.4. The zero-order valence-corrected chi connectivity index (χ0v) is 12.8. The number of rotatable bonds is 3. The van der Waals surface area contributed by atoms with Crippen LogP contribution in [0.3, 0.4) is 0 Å². The van der Waals surface area contributed by atoms with E-state index in [1.54, 1.807) is 6.07 Å². The monoisotopic (exact) mass is 316 g/mol. The van der Waals surface area contributed by atoms with Crippen molar-refractivity contribution in [1.29, 1.82) is 0 Å². The summed E-state index contributed by atoms with van der Waals surface area (Å²) < 4.78 is 28.3. The van der Waals surface area contributed by atoms with Gasteiger partial charge in [0.25, 0.3) is 9.05 Å². The number of hydrogen-bond acceptors (Lipinski definition) is 5. The zero-order valence-electron chi connectivity index (χ0n) is 11.3. The van der Waals surface area contributed by atoms with E-state index < -0.39 is 9.05 Å². The molecule has 1 aromatic heterocycles. The van der Waals surface area contributed by atoms with Crippen molar-refractivity contribution in [1.82, 2.24) is 4.98 Å². The first-order chi connectivity index (χ1) is 9.38. The maximum Gasteiger partial charge on any atom is 0.262 e. The third-order valence-electron chi connectivity index (χ3n) is 4.21. The highest BCUT2D eigenvalue weighted by Crippen LogP contribution is 2.50. The predicted molar refractivity (Wildman–Crippen MR) is 76.6 cm³/mol. The van der Waals surface area contributed by atoms with E-state index in [0.29, 0.717) is 12.0 Å². The van der Waals surface area contributed by atoms with E-state index in [0.717, 1.165) is 18.9 Å². The SMILES string of the molecule is CC1(C2CN(c3ccc(S(=O)(=O)Cl)cn3)CCO2)CC1. The summed E-state index contributed by atoms with van der Waals surface area (Å²) in [7, 11) is 1.58. The van der Waals surface area contributed by atoms with Gasteiger partial charge >= 0.3 is 0 Å². The van der Waals surface area contributed by atoms with Gasteiger partial charge in [0.2, 0.25) is 0 Å². The van der Waals surface area contributed by atoms with Crippen LogP contribution in [0, 0.1) is 5.41 Å². The first-order valence-corrected chi connectivity index (χ1v) is 8.97. The number of halogens is 1. The van der Waals surface area contributed by atoms with Crippen molar-refractivity contribution in [3.8, 4) is 0 Å². The molecule has 0 spiro atoms. The van der Waals surface area contributed by atoms with Gasteiger partial charge in [0.15, 0.2) is 0 Å². The van der Waals surface area contributed by atoms with Crippen LogP contribution in [-0.4, -0.2) is 39.2 Å². The molecule has 5 nitrogen and oxygen atoms in total. The molecule has 0 aromatic carbocycles. The molecule has 1 unspecified atom stereocenters. The fourth-order valence-electron chi connectivity index (χ4n) is 2.50. The van der Waals surface area contributed by atoms with Crippen molar-refractivity contribution in [3.05, 3.63) is 18.3 Å². The van der Waals surface area contributed by atoms with Crippen molar-refractivity contribution < 1.29 is 13.2 Å². The molecule has 1 aliphatic heterocycles. The van der Waals surface area contributed by atoms with Crippen molar-refractivity contribution in [2.75, 3.05) is 24.6 Å². The molecule has 1 atom stereocenters. The summed E-state index contributed by atoms with van der Waals surface area (Å²) in [5.74, 6) is 0.770. The van der Waals surface area contributed by atoms with Gasteiger partial charge in [-0.15, -0.1) is 0 Å². The molecular weight excluding hydrogens is 300 g/mol. The molecule has 0 amide bonds. The smallest absolute Gasteiger partial charge is 0.262 e. The molecule has 1 aliphatic carbocycles. The molecule has 110 valence electrons. The highest BCUT2D eigenvalue weighted by molar-refractivity contribution is 8.13. The second kappa shape index (κ2) is 4.86. The first kappa shape index (κ1) is 14.1. The molecule has 1 aromatic rings. The number of hydrogen-bond donors (Lipinski definition) is 0. The topological polar surface area (TPSA) is 59.5 Å². The molecular formula is C13H17ClN2O3S. The second-order valence-corrected chi connectivity index (χ2v) is 8.32. The summed E-state index contributed by atoms with van der Waals surface area (Å²) in [4.78, 5) is 6.38. The molecule has 20 heavy (non-hydrogen) atoms. The van der Waals surface area contributed by atoms with Crippen LogP contribution < -0.4 is 4.90 Å². The van der Waals surface area contributed by atoms with E-state index in [9.17, 15) is 8.42 Å². The number of aromatic nitrogens is 1. The molecule has 2 fully saturated rings. The second-order valence-electron chi connectivity index (χ2n) is 5.75. The van der Waals surface area contributed by atoms with Gasteiger partial charge in [-0.3, -0.25) is 0 Å². The lowest BCUT2D eigenvalue weighted by Crippen LogP contribution is -2.46. The highest BCUT2D eigenvalue weighted by atomic mass is 35.7. The van der Waals surface area contributed by atoms with Crippen molar-refractivity contribution >= 4 is 25.6 Å². The van der Waals surface area contributed by atoms with Gasteiger partial charge in [-0.2, -0.15) is 0 Å². The Bertz CT molecular complexity index is 599. The van der Waals surface area contributed by atoms with Crippen LogP contribution in [0.25, 0.3) is 0 Å². The minimum atomic E-state index is -3.71. The summed E-state index contributed by atoms with van der Waals surface area (Å²) in [6.45, 7) is 4.50. The van der Waals surface area contributed by atoms with Crippen molar-refractivity contribution in [2.24, 2.45) is 5.41 Å². The van der Waals surface area contributed by atoms with E-state index in [2.05, 4.69) is 16.8 Å². The Balaban J connectivity index is 1.75. The molecule has 0 N–H and O–H groups in total. The molecule has 1 saturated carbocycles. The number of morpholine rings is 1. The van der Waals surface area contributed by atoms with Gasteiger partial charge in [0.1, 0.15) is 10.7 Å². The minimum Gasteiger partial charge on any atom is -0.374 e. The Kier molecular flexibility index (Phi) is 3.43. The molecule has 0 bridgehead atoms. The average Bonchev–Trinajstić information content (AvgIpc) is 3.18. The molecule has 2 heterocycles. The van der Waals surface area contributed by atoms with Crippen LogP contribution in [0.2, 0.25) is 0 Å². The fraction of sp³-hybridized carbons (Fsp3) is 0.615. The Hall–Kier alpha value is -0.850. The Morgan fingerprint density at radius 3 is 2.75 bits per heavy atom. The maximum atomic E-state index is 11.2. The minimum absolute atomic E-state index is 0.0295. The predicted octanol–water partition coefficient (Wildman–Crippen LogP) is 2.01. The van der Waals surface area contributed by atoms with Crippen molar-refractivity contribution in [2.45, 2.75) is 30.8 Å². The summed E-state index contributed by atoms with van der Waals surface area (Å²) in [5.41, 5.74) is 0.304. The number of pyridine rings is 1. The number of anilines is 1. The Morgan fingerprint density at radius 2 is 2.20 bits per heavy atom. The third kappa shape index (κ3) is 2.77. The Labute approximate surface area is 123 Å². The fourth-order valence-corrected chi connectivity index (χ4v) is 3.18. The largest absolute Gasteiger partial charge is 0.374 e. The quantitative estimate of drug-likeness (QED) is 0.798. The van der Waals surface area contributed by atoms with Crippen LogP contribution in [0.5, 0.6) is 0 Å². The van der Waals surface area contributed by atoms with E-state index in [1.807, 2.05) is 0 Å². The lowest BCUT2D eigenvalue weighted by molar-refractivity contribution is -0.00291. The molecule has 7 heteroatoms. The number of nitrogens with zero attached hydrogens (tertiary/aromatic N) is 2. The molecule has 3 rings (SSSR count). The van der Waals surface area contributed by atoms with Gasteiger partial charge in [0, 0.05) is 30.0 Å². The molecule has 2 aliphatic rings. The standard InChI is InChI=1S/C13H17ClN2O3S/c1-13(4-5-13)11-9-16(6-7-19-11)12-3-2-10(8-15-12)20(14,17)18/h2-3,8,11H,4-7,9H2,1H3. The van der Waals surface area contributed by atoms with Gasteiger partial charge in [0.05, 0.1) is 12.7 Å². The van der Waals surface area contributed by atoms with E-state index in [1.165, 1.54) is 25.1 Å². The van der Waals surface area contributed by atoms with Crippen LogP contribution in [0.15, 0.2) is 23.2 Å². The van der Waals surface area contributed by atoms with E-state index >= 15 is 0 Å². The van der Waals surface area contributed by atoms with Crippen LogP contribution >= 0.6 is 10.7 Å². The summed E-state index contributed by atoms with van der Waals surface area (Å²) in [6.07, 6.45) is 3.96. The summed E-state index contributed by atoms with van der Waals surface area (Å²) in [6, 6.07) is 3.20. The van der Waals surface area contributed by atoms with Crippen LogP contribution in [-0.2, 0) is 13.8 Å². The van der Waals surface area contributed by atoms with Gasteiger partial charge in [-0.05, 0) is 30.4 Å². The summed E-state index contributed by atoms with van der Waals surface area (Å²) in [5, 5.41) is 0. The van der Waals surface area contributed by atoms with E-state index in [-0.39, 0.29) is 11.0 Å². The Morgan fingerprint density at radius 1 is 1.45 bits per heavy atom. The average molecular weight is 317 g/mol. The van der Waals surface area contributed by atoms with Crippen LogP contribution in [0.1, 0.15) is 19.8 Å². The summed E-state index contributed by atoms with van der Waals surface area (Å²) >= 11 is 0. The van der Waals surface area contributed by atoms with Crippen LogP contribution in [0.4, 0.5) is 5.82 Å². The van der Waals surface area contributed by atoms with Gasteiger partial charge < -0.3 is 9.64 Å². The normalized spacial score (nSPS) is 25.5. The van der Waals surface area contributed by atoms with Gasteiger partial charge in [-0.25, -0.2) is 13.4 Å². The molecule has 1 saturated heterocycles. The third-order valence-corrected chi connectivity index (χ3v) is 5.55. The van der Waals surface area contributed by atoms with Crippen molar-refractivity contribution in [3.63, 3.8) is 0 Å². The lowest BCUT2D eigenvalue weighted by atomic mass is 10.0.